The molecule has 1 aliphatic carbocycles. The average Bonchev–Trinajstić information content (AvgIpc) is 2.34. The molecular weight excluding hydrogens is 323 g/mol. The molecule has 0 amide bonds. The normalized spacial score (nSPS) is 24.8. The molecular formula is C14H21IN2. The molecule has 1 fully saturated rings. The first-order chi connectivity index (χ1) is 8.24. The van der Waals surface area contributed by atoms with Crippen LogP contribution in [-0.4, -0.2) is 12.6 Å². The van der Waals surface area contributed by atoms with Gasteiger partial charge < -0.3 is 11.1 Å². The molecule has 1 saturated carbocycles. The number of halogens is 1. The molecule has 0 unspecified atom stereocenters. The van der Waals surface area contributed by atoms with Gasteiger partial charge in [0, 0.05) is 16.2 Å². The molecule has 1 aromatic carbocycles. The van der Waals surface area contributed by atoms with Crippen LogP contribution >= 0.6 is 22.6 Å². The Hall–Kier alpha value is -0.130. The summed E-state index contributed by atoms with van der Waals surface area (Å²) in [5.74, 6) is 0.832. The van der Waals surface area contributed by atoms with Crippen LogP contribution in [0.1, 0.15) is 31.2 Å². The molecule has 0 aromatic heterocycles. The third-order valence-corrected chi connectivity index (χ3v) is 4.29. The molecule has 0 radical (unpaired) electrons. The second kappa shape index (κ2) is 6.71. The second-order valence-corrected chi connectivity index (χ2v) is 6.28. The maximum absolute atomic E-state index is 5.91. The lowest BCUT2D eigenvalue weighted by Crippen LogP contribution is -2.31. The van der Waals surface area contributed by atoms with Gasteiger partial charge in [-0.15, -0.1) is 0 Å². The van der Waals surface area contributed by atoms with Crippen LogP contribution < -0.4 is 11.1 Å². The second-order valence-electron chi connectivity index (χ2n) is 5.04. The van der Waals surface area contributed by atoms with Crippen molar-refractivity contribution in [2.45, 2.75) is 38.3 Å². The highest BCUT2D eigenvalue weighted by atomic mass is 127. The van der Waals surface area contributed by atoms with E-state index in [2.05, 4.69) is 52.2 Å². The van der Waals surface area contributed by atoms with Gasteiger partial charge in [-0.25, -0.2) is 0 Å². The molecule has 0 aliphatic heterocycles. The van der Waals surface area contributed by atoms with E-state index in [1.54, 1.807) is 0 Å². The smallest absolute Gasteiger partial charge is 0.0205 e. The zero-order valence-electron chi connectivity index (χ0n) is 10.2. The number of benzene rings is 1. The maximum Gasteiger partial charge on any atom is 0.0205 e. The summed E-state index contributed by atoms with van der Waals surface area (Å²) in [5, 5.41) is 3.56. The van der Waals surface area contributed by atoms with Crippen LogP contribution in [0, 0.1) is 9.49 Å². The fourth-order valence-electron chi connectivity index (χ4n) is 2.42. The molecule has 3 N–H and O–H groups in total. The molecule has 2 rings (SSSR count). The van der Waals surface area contributed by atoms with Crippen LogP contribution in [0.15, 0.2) is 24.3 Å². The Kier molecular flexibility index (Phi) is 5.25. The van der Waals surface area contributed by atoms with Crippen molar-refractivity contribution < 1.29 is 0 Å². The van der Waals surface area contributed by atoms with E-state index in [1.165, 1.54) is 34.8 Å². The predicted octanol–water partition coefficient (Wildman–Crippen LogP) is 2.90. The van der Waals surface area contributed by atoms with Crippen molar-refractivity contribution in [3.63, 3.8) is 0 Å². The van der Waals surface area contributed by atoms with Crippen LogP contribution in [0.3, 0.4) is 0 Å². The highest BCUT2D eigenvalue weighted by molar-refractivity contribution is 14.1. The Morgan fingerprint density at radius 1 is 1.12 bits per heavy atom. The van der Waals surface area contributed by atoms with Crippen molar-refractivity contribution in [3.8, 4) is 0 Å². The molecule has 17 heavy (non-hydrogen) atoms. The van der Waals surface area contributed by atoms with E-state index in [4.69, 9.17) is 5.73 Å². The maximum atomic E-state index is 5.91. The number of hydrogen-bond acceptors (Lipinski definition) is 2. The Balaban J connectivity index is 1.67. The molecule has 2 nitrogen and oxygen atoms in total. The minimum atomic E-state index is 0.461. The Morgan fingerprint density at radius 3 is 2.41 bits per heavy atom. The monoisotopic (exact) mass is 344 g/mol. The molecule has 0 heterocycles. The number of rotatable bonds is 4. The van der Waals surface area contributed by atoms with Crippen molar-refractivity contribution in [2.75, 3.05) is 6.54 Å². The summed E-state index contributed by atoms with van der Waals surface area (Å²) in [7, 11) is 0. The lowest BCUT2D eigenvalue weighted by Gasteiger charge is -2.26. The van der Waals surface area contributed by atoms with E-state index < -0.39 is 0 Å². The zero-order chi connectivity index (χ0) is 12.1. The molecule has 0 spiro atoms. The van der Waals surface area contributed by atoms with Crippen LogP contribution in [0.2, 0.25) is 0 Å². The zero-order valence-corrected chi connectivity index (χ0v) is 12.3. The molecule has 1 aromatic rings. The number of hydrogen-bond donors (Lipinski definition) is 2. The van der Waals surface area contributed by atoms with Gasteiger partial charge in [0.15, 0.2) is 0 Å². The summed E-state index contributed by atoms with van der Waals surface area (Å²) in [6, 6.07) is 9.19. The third-order valence-electron chi connectivity index (χ3n) is 3.57. The third kappa shape index (κ3) is 4.56. The van der Waals surface area contributed by atoms with Gasteiger partial charge >= 0.3 is 0 Å². The quantitative estimate of drug-likeness (QED) is 0.825. The first kappa shape index (κ1) is 13.3. The Bertz CT molecular complexity index is 329. The first-order valence-corrected chi connectivity index (χ1v) is 7.52. The van der Waals surface area contributed by atoms with Crippen molar-refractivity contribution in [1.29, 1.82) is 0 Å². The SMILES string of the molecule is NC1CCC(CNCc2ccc(I)cc2)CC1. The fourth-order valence-corrected chi connectivity index (χ4v) is 2.77. The van der Waals surface area contributed by atoms with Crippen LogP contribution in [-0.2, 0) is 6.54 Å². The molecule has 94 valence electrons. The van der Waals surface area contributed by atoms with Crippen LogP contribution in [0.5, 0.6) is 0 Å². The standard InChI is InChI=1S/C14H21IN2/c15-13-5-1-11(2-6-13)9-17-10-12-3-7-14(16)8-4-12/h1-2,5-6,12,14,17H,3-4,7-10,16H2. The summed E-state index contributed by atoms with van der Waals surface area (Å²) in [5.41, 5.74) is 7.28. The Morgan fingerprint density at radius 2 is 1.76 bits per heavy atom. The highest BCUT2D eigenvalue weighted by Crippen LogP contribution is 2.22. The van der Waals surface area contributed by atoms with Gasteiger partial charge in [-0.3, -0.25) is 0 Å². The number of nitrogens with one attached hydrogen (secondary N) is 1. The van der Waals surface area contributed by atoms with Crippen LogP contribution in [0.4, 0.5) is 0 Å². The summed E-state index contributed by atoms with van der Waals surface area (Å²) in [6.07, 6.45) is 4.99. The van der Waals surface area contributed by atoms with E-state index >= 15 is 0 Å². The summed E-state index contributed by atoms with van der Waals surface area (Å²) < 4.78 is 1.30. The van der Waals surface area contributed by atoms with E-state index in [1.807, 2.05) is 0 Å². The first-order valence-electron chi connectivity index (χ1n) is 6.45. The summed E-state index contributed by atoms with van der Waals surface area (Å²) >= 11 is 2.34. The van der Waals surface area contributed by atoms with E-state index in [0.29, 0.717) is 6.04 Å². The van der Waals surface area contributed by atoms with Gasteiger partial charge in [-0.2, -0.15) is 0 Å². The Labute approximate surface area is 117 Å². The van der Waals surface area contributed by atoms with Gasteiger partial charge in [0.2, 0.25) is 0 Å². The van der Waals surface area contributed by atoms with E-state index in [9.17, 15) is 0 Å². The average molecular weight is 344 g/mol. The van der Waals surface area contributed by atoms with Crippen molar-refractivity contribution in [2.24, 2.45) is 11.7 Å². The summed E-state index contributed by atoms with van der Waals surface area (Å²) in [4.78, 5) is 0. The van der Waals surface area contributed by atoms with Gasteiger partial charge in [0.1, 0.15) is 0 Å². The minimum Gasteiger partial charge on any atom is -0.328 e. The lowest BCUT2D eigenvalue weighted by atomic mass is 9.86. The molecule has 1 aliphatic rings. The van der Waals surface area contributed by atoms with Gasteiger partial charge in [0.05, 0.1) is 0 Å². The number of nitrogens with two attached hydrogens (primary N) is 1. The molecule has 0 atom stereocenters. The van der Waals surface area contributed by atoms with Crippen molar-refractivity contribution >= 4 is 22.6 Å². The highest BCUT2D eigenvalue weighted by Gasteiger charge is 2.17. The van der Waals surface area contributed by atoms with Crippen molar-refractivity contribution in [1.82, 2.24) is 5.32 Å². The fraction of sp³-hybridized carbons (Fsp3) is 0.571. The molecule has 3 heteroatoms. The topological polar surface area (TPSA) is 38.0 Å². The van der Waals surface area contributed by atoms with E-state index in [0.717, 1.165) is 19.0 Å². The van der Waals surface area contributed by atoms with Gasteiger partial charge in [-0.05, 0) is 78.4 Å². The lowest BCUT2D eigenvalue weighted by molar-refractivity contribution is 0.314. The predicted molar refractivity (Wildman–Crippen MR) is 80.8 cm³/mol. The van der Waals surface area contributed by atoms with Gasteiger partial charge in [-0.1, -0.05) is 12.1 Å². The molecule has 0 saturated heterocycles. The van der Waals surface area contributed by atoms with Crippen molar-refractivity contribution in [3.05, 3.63) is 33.4 Å². The largest absolute Gasteiger partial charge is 0.328 e. The van der Waals surface area contributed by atoms with Crippen LogP contribution in [0.25, 0.3) is 0 Å². The van der Waals surface area contributed by atoms with Gasteiger partial charge in [0.25, 0.3) is 0 Å². The minimum absolute atomic E-state index is 0.461. The summed E-state index contributed by atoms with van der Waals surface area (Å²) in [6.45, 7) is 2.12. The molecule has 0 bridgehead atoms. The van der Waals surface area contributed by atoms with E-state index in [-0.39, 0.29) is 0 Å².